The predicted octanol–water partition coefficient (Wildman–Crippen LogP) is 3.15. The number of phenols is 1. The highest BCUT2D eigenvalue weighted by molar-refractivity contribution is 6.03. The Bertz CT molecular complexity index is 830. The Kier molecular flexibility index (Phi) is 5.36. The lowest BCUT2D eigenvalue weighted by Crippen LogP contribution is -2.43. The van der Waals surface area contributed by atoms with E-state index >= 15 is 0 Å². The van der Waals surface area contributed by atoms with Crippen LogP contribution in [0.4, 0.5) is 10.1 Å². The molecule has 1 saturated heterocycles. The highest BCUT2D eigenvalue weighted by Gasteiger charge is 2.28. The zero-order valence-corrected chi connectivity index (χ0v) is 14.5. The monoisotopic (exact) mass is 353 g/mol. The van der Waals surface area contributed by atoms with Crippen molar-refractivity contribution in [1.82, 2.24) is 9.97 Å². The third-order valence-corrected chi connectivity index (χ3v) is 4.30. The number of benzene rings is 1. The van der Waals surface area contributed by atoms with E-state index in [1.165, 1.54) is 6.07 Å². The zero-order valence-electron chi connectivity index (χ0n) is 14.5. The molecule has 0 saturated carbocycles. The van der Waals surface area contributed by atoms with Crippen molar-refractivity contribution in [2.45, 2.75) is 25.9 Å². The fraction of sp³-hybridized carbons (Fsp3) is 0.263. The number of halogens is 1. The van der Waals surface area contributed by atoms with Crippen LogP contribution in [0.25, 0.3) is 0 Å². The van der Waals surface area contributed by atoms with E-state index in [4.69, 9.17) is 0 Å². The number of hydrogen-bond donors (Lipinski definition) is 1. The molecule has 1 aromatic carbocycles. The molecule has 7 heteroatoms. The van der Waals surface area contributed by atoms with Crippen molar-refractivity contribution in [1.29, 1.82) is 0 Å². The van der Waals surface area contributed by atoms with E-state index in [1.807, 2.05) is 11.8 Å². The first kappa shape index (κ1) is 17.7. The van der Waals surface area contributed by atoms with Gasteiger partial charge in [0.1, 0.15) is 17.4 Å². The van der Waals surface area contributed by atoms with Crippen molar-refractivity contribution >= 4 is 18.1 Å². The second kappa shape index (κ2) is 7.86. The lowest BCUT2D eigenvalue weighted by atomic mass is 9.94. The molecule has 1 unspecified atom stereocenters. The van der Waals surface area contributed by atoms with E-state index in [-0.39, 0.29) is 11.8 Å². The van der Waals surface area contributed by atoms with Gasteiger partial charge in [-0.2, -0.15) is 0 Å². The molecule has 0 aliphatic carbocycles. The molecule has 6 nitrogen and oxygen atoms in total. The number of phenolic OH excluding ortho intramolecular Hbond substituents is 1. The summed E-state index contributed by atoms with van der Waals surface area (Å²) in [6, 6.07) is 5.73. The first-order valence-electron chi connectivity index (χ1n) is 8.30. The Balaban J connectivity index is 1.86. The SMILES string of the molecule is C=NC=C1C(=NCc2ncccn2)CCN(c2cc(O)cc(F)c2)C1C. The number of anilines is 1. The van der Waals surface area contributed by atoms with Crippen LogP contribution in [-0.4, -0.2) is 40.1 Å². The molecular weight excluding hydrogens is 333 g/mol. The zero-order chi connectivity index (χ0) is 18.5. The van der Waals surface area contributed by atoms with Crippen molar-refractivity contribution in [2.24, 2.45) is 9.98 Å². The molecule has 26 heavy (non-hydrogen) atoms. The molecule has 1 N–H and O–H groups in total. The number of nitrogens with zero attached hydrogens (tertiary/aromatic N) is 5. The second-order valence-electron chi connectivity index (χ2n) is 5.98. The molecule has 0 radical (unpaired) electrons. The molecule has 0 spiro atoms. The van der Waals surface area contributed by atoms with E-state index < -0.39 is 5.82 Å². The largest absolute Gasteiger partial charge is 0.508 e. The number of piperidine rings is 1. The van der Waals surface area contributed by atoms with Gasteiger partial charge in [-0.3, -0.25) is 9.98 Å². The third-order valence-electron chi connectivity index (χ3n) is 4.30. The van der Waals surface area contributed by atoms with Gasteiger partial charge >= 0.3 is 0 Å². The minimum Gasteiger partial charge on any atom is -0.508 e. The normalized spacial score (nSPS) is 20.5. The lowest BCUT2D eigenvalue weighted by molar-refractivity contribution is 0.468. The Morgan fingerprint density at radius 2 is 2.12 bits per heavy atom. The lowest BCUT2D eigenvalue weighted by Gasteiger charge is -2.38. The van der Waals surface area contributed by atoms with E-state index in [9.17, 15) is 9.50 Å². The highest BCUT2D eigenvalue weighted by atomic mass is 19.1. The van der Waals surface area contributed by atoms with Crippen molar-refractivity contribution in [3.05, 3.63) is 60.1 Å². The van der Waals surface area contributed by atoms with Gasteiger partial charge in [-0.1, -0.05) is 0 Å². The Morgan fingerprint density at radius 3 is 2.81 bits per heavy atom. The summed E-state index contributed by atoms with van der Waals surface area (Å²) in [7, 11) is 0. The van der Waals surface area contributed by atoms with Crippen LogP contribution >= 0.6 is 0 Å². The Labute approximate surface area is 151 Å². The van der Waals surface area contributed by atoms with Gasteiger partial charge in [0.25, 0.3) is 0 Å². The molecule has 2 heterocycles. The molecule has 134 valence electrons. The fourth-order valence-electron chi connectivity index (χ4n) is 3.08. The summed E-state index contributed by atoms with van der Waals surface area (Å²) in [6.07, 6.45) is 5.72. The summed E-state index contributed by atoms with van der Waals surface area (Å²) in [5.74, 6) is 0.0802. The van der Waals surface area contributed by atoms with Crippen molar-refractivity contribution in [3.8, 4) is 5.75 Å². The van der Waals surface area contributed by atoms with Crippen LogP contribution < -0.4 is 4.90 Å². The number of hydrogen-bond acceptors (Lipinski definition) is 6. The summed E-state index contributed by atoms with van der Waals surface area (Å²) < 4.78 is 13.7. The van der Waals surface area contributed by atoms with Crippen LogP contribution in [-0.2, 0) is 6.54 Å². The Morgan fingerprint density at radius 1 is 1.35 bits per heavy atom. The molecule has 1 aliphatic rings. The van der Waals surface area contributed by atoms with Crippen LogP contribution in [0.5, 0.6) is 5.75 Å². The van der Waals surface area contributed by atoms with Crippen LogP contribution in [0.3, 0.4) is 0 Å². The summed E-state index contributed by atoms with van der Waals surface area (Å²) >= 11 is 0. The van der Waals surface area contributed by atoms with Crippen LogP contribution in [0, 0.1) is 5.82 Å². The quantitative estimate of drug-likeness (QED) is 0.857. The molecular formula is C19H20FN5O. The van der Waals surface area contributed by atoms with E-state index in [2.05, 4.69) is 26.7 Å². The van der Waals surface area contributed by atoms with E-state index in [0.29, 0.717) is 31.0 Å². The van der Waals surface area contributed by atoms with Crippen LogP contribution in [0.1, 0.15) is 19.2 Å². The van der Waals surface area contributed by atoms with Gasteiger partial charge < -0.3 is 10.0 Å². The summed E-state index contributed by atoms with van der Waals surface area (Å²) in [6.45, 7) is 6.57. The van der Waals surface area contributed by atoms with E-state index in [1.54, 1.807) is 30.7 Å². The van der Waals surface area contributed by atoms with Crippen LogP contribution in [0.2, 0.25) is 0 Å². The van der Waals surface area contributed by atoms with Gasteiger partial charge in [0.2, 0.25) is 0 Å². The minimum absolute atomic E-state index is 0.0918. The number of aromatic nitrogens is 2. The van der Waals surface area contributed by atoms with Crippen LogP contribution in [0.15, 0.2) is 58.4 Å². The van der Waals surface area contributed by atoms with Gasteiger partial charge in [0.05, 0.1) is 12.6 Å². The molecule has 1 fully saturated rings. The van der Waals surface area contributed by atoms with Crippen molar-refractivity contribution < 1.29 is 9.50 Å². The van der Waals surface area contributed by atoms with Gasteiger partial charge in [-0.25, -0.2) is 14.4 Å². The van der Waals surface area contributed by atoms with Gasteiger partial charge in [0.15, 0.2) is 0 Å². The molecule has 2 aromatic rings. The average molecular weight is 353 g/mol. The highest BCUT2D eigenvalue weighted by Crippen LogP contribution is 2.30. The number of aliphatic imine (C=N–C) groups is 2. The first-order valence-corrected chi connectivity index (χ1v) is 8.30. The summed E-state index contributed by atoms with van der Waals surface area (Å²) in [5, 5.41) is 9.69. The topological polar surface area (TPSA) is 74.0 Å². The minimum atomic E-state index is -0.472. The summed E-state index contributed by atoms with van der Waals surface area (Å²) in [5.41, 5.74) is 2.44. The maximum atomic E-state index is 13.7. The average Bonchev–Trinajstić information content (AvgIpc) is 2.62. The maximum Gasteiger partial charge on any atom is 0.149 e. The van der Waals surface area contributed by atoms with Gasteiger partial charge in [-0.15, -0.1) is 0 Å². The fourth-order valence-corrected chi connectivity index (χ4v) is 3.08. The Hall–Kier alpha value is -3.09. The van der Waals surface area contributed by atoms with Gasteiger partial charge in [-0.05, 0) is 25.8 Å². The number of rotatable bonds is 4. The molecule has 1 atom stereocenters. The predicted molar refractivity (Wildman–Crippen MR) is 100 cm³/mol. The molecule has 0 amide bonds. The molecule has 0 bridgehead atoms. The standard InChI is InChI=1S/C19H20FN5O/c1-13-17(11-21-2)18(24-12-19-22-5-3-6-23-19)4-7-25(13)15-8-14(20)9-16(26)10-15/h3,5-6,8-11,13,26H,2,4,7,12H2,1H3. The molecule has 3 rings (SSSR count). The van der Waals surface area contributed by atoms with Gasteiger partial charge in [0, 0.05) is 60.7 Å². The van der Waals surface area contributed by atoms with E-state index in [0.717, 1.165) is 17.4 Å². The molecule has 1 aliphatic heterocycles. The van der Waals surface area contributed by atoms with Crippen molar-refractivity contribution in [3.63, 3.8) is 0 Å². The second-order valence-corrected chi connectivity index (χ2v) is 5.98. The maximum absolute atomic E-state index is 13.7. The first-order chi connectivity index (χ1) is 12.6. The van der Waals surface area contributed by atoms with Crippen molar-refractivity contribution in [2.75, 3.05) is 11.4 Å². The third kappa shape index (κ3) is 3.93. The smallest absolute Gasteiger partial charge is 0.149 e. The number of aromatic hydroxyl groups is 1. The molecule has 1 aromatic heterocycles. The summed E-state index contributed by atoms with van der Waals surface area (Å²) in [4.78, 5) is 18.9.